The van der Waals surface area contributed by atoms with E-state index in [1.807, 2.05) is 0 Å². The molecule has 0 bridgehead atoms. The van der Waals surface area contributed by atoms with Gasteiger partial charge in [-0.2, -0.15) is 0 Å². The molecule has 5 heteroatoms. The summed E-state index contributed by atoms with van der Waals surface area (Å²) < 4.78 is 0. The smallest absolute Gasteiger partial charge is 0.331 e. The Bertz CT molecular complexity index is 184. The van der Waals surface area contributed by atoms with Gasteiger partial charge in [-0.1, -0.05) is 0 Å². The van der Waals surface area contributed by atoms with Crippen molar-refractivity contribution in [3.8, 4) is 0 Å². The van der Waals surface area contributed by atoms with Crippen LogP contribution < -0.4 is 5.48 Å². The number of hydrogen-bond acceptors (Lipinski definition) is 3. The maximum absolute atomic E-state index is 10.2. The number of aliphatic carboxylic acids is 1. The molecule has 0 radical (unpaired) electrons. The van der Waals surface area contributed by atoms with E-state index in [4.69, 9.17) is 10.3 Å². The standard InChI is InChI=1S/C5H7NO4/c1-3(5(8)9)2-4(7)6-10/h2,10H,1H3,(H,6,7)(H,8,9). The van der Waals surface area contributed by atoms with Crippen LogP contribution in [0.4, 0.5) is 0 Å². The summed E-state index contributed by atoms with van der Waals surface area (Å²) >= 11 is 0. The third kappa shape index (κ3) is 2.83. The molecule has 0 spiro atoms. The number of carboxylic acids is 1. The second kappa shape index (κ2) is 3.62. The molecule has 0 aliphatic heterocycles. The lowest BCUT2D eigenvalue weighted by atomic mass is 10.3. The van der Waals surface area contributed by atoms with E-state index in [1.165, 1.54) is 12.4 Å². The van der Waals surface area contributed by atoms with Crippen molar-refractivity contribution in [2.75, 3.05) is 0 Å². The van der Waals surface area contributed by atoms with E-state index >= 15 is 0 Å². The van der Waals surface area contributed by atoms with Gasteiger partial charge in [-0.15, -0.1) is 0 Å². The molecule has 0 aliphatic carbocycles. The van der Waals surface area contributed by atoms with Gasteiger partial charge in [0.15, 0.2) is 0 Å². The molecular weight excluding hydrogens is 138 g/mol. The molecule has 56 valence electrons. The van der Waals surface area contributed by atoms with Gasteiger partial charge in [-0.05, 0) is 6.92 Å². The van der Waals surface area contributed by atoms with Crippen LogP contribution in [0.2, 0.25) is 0 Å². The van der Waals surface area contributed by atoms with Crippen molar-refractivity contribution in [3.05, 3.63) is 11.6 Å². The molecule has 0 aromatic rings. The van der Waals surface area contributed by atoms with Crippen molar-refractivity contribution in [1.82, 2.24) is 5.48 Å². The fourth-order valence-corrected chi connectivity index (χ4v) is 0.291. The second-order valence-electron chi connectivity index (χ2n) is 1.61. The number of rotatable bonds is 2. The summed E-state index contributed by atoms with van der Waals surface area (Å²) in [5.74, 6) is -2.04. The molecule has 0 unspecified atom stereocenters. The Labute approximate surface area is 56.9 Å². The van der Waals surface area contributed by atoms with Gasteiger partial charge in [-0.25, -0.2) is 10.3 Å². The predicted octanol–water partition coefficient (Wildman–Crippen LogP) is -0.477. The van der Waals surface area contributed by atoms with Crippen LogP contribution >= 0.6 is 0 Å². The van der Waals surface area contributed by atoms with Gasteiger partial charge in [0, 0.05) is 11.6 Å². The van der Waals surface area contributed by atoms with Crippen LogP contribution in [0.1, 0.15) is 6.92 Å². The first-order valence-corrected chi connectivity index (χ1v) is 2.43. The van der Waals surface area contributed by atoms with Crippen molar-refractivity contribution >= 4 is 11.9 Å². The van der Waals surface area contributed by atoms with E-state index in [9.17, 15) is 9.59 Å². The zero-order valence-corrected chi connectivity index (χ0v) is 5.29. The van der Waals surface area contributed by atoms with E-state index in [-0.39, 0.29) is 5.57 Å². The quantitative estimate of drug-likeness (QED) is 0.278. The Kier molecular flexibility index (Phi) is 3.13. The molecule has 0 rings (SSSR count). The SMILES string of the molecule is CC(=CC(=O)NO)C(=O)O. The first kappa shape index (κ1) is 8.64. The lowest BCUT2D eigenvalue weighted by Crippen LogP contribution is -2.16. The molecule has 0 saturated heterocycles. The minimum Gasteiger partial charge on any atom is -0.478 e. The summed E-state index contributed by atoms with van der Waals surface area (Å²) in [7, 11) is 0. The van der Waals surface area contributed by atoms with Gasteiger partial charge in [0.2, 0.25) is 0 Å². The average Bonchev–Trinajstić information content (AvgIpc) is 1.87. The highest BCUT2D eigenvalue weighted by Crippen LogP contribution is 1.89. The Morgan fingerprint density at radius 2 is 2.00 bits per heavy atom. The van der Waals surface area contributed by atoms with E-state index in [0.717, 1.165) is 6.08 Å². The summed E-state index contributed by atoms with van der Waals surface area (Å²) in [6.07, 6.45) is 0.780. The monoisotopic (exact) mass is 145 g/mol. The Balaban J connectivity index is 4.16. The summed E-state index contributed by atoms with van der Waals surface area (Å²) in [6.45, 7) is 1.25. The first-order chi connectivity index (χ1) is 4.57. The van der Waals surface area contributed by atoms with Crippen molar-refractivity contribution in [3.63, 3.8) is 0 Å². The molecule has 0 fully saturated rings. The minimum absolute atomic E-state index is 0.133. The molecule has 0 saturated carbocycles. The maximum Gasteiger partial charge on any atom is 0.331 e. The zero-order chi connectivity index (χ0) is 8.15. The van der Waals surface area contributed by atoms with Gasteiger partial charge in [0.1, 0.15) is 0 Å². The van der Waals surface area contributed by atoms with Crippen LogP contribution in [0.15, 0.2) is 11.6 Å². The van der Waals surface area contributed by atoms with Crippen LogP contribution in [0, 0.1) is 0 Å². The van der Waals surface area contributed by atoms with E-state index in [0.29, 0.717) is 0 Å². The highest BCUT2D eigenvalue weighted by Gasteiger charge is 2.01. The fourth-order valence-electron chi connectivity index (χ4n) is 0.291. The van der Waals surface area contributed by atoms with Crippen LogP contribution in [0.3, 0.4) is 0 Å². The van der Waals surface area contributed by atoms with Crippen molar-refractivity contribution in [2.24, 2.45) is 0 Å². The Morgan fingerprint density at radius 1 is 1.50 bits per heavy atom. The lowest BCUT2D eigenvalue weighted by Gasteiger charge is -1.90. The highest BCUT2D eigenvalue weighted by atomic mass is 16.5. The first-order valence-electron chi connectivity index (χ1n) is 2.43. The van der Waals surface area contributed by atoms with Crippen LogP contribution in [0.5, 0.6) is 0 Å². The van der Waals surface area contributed by atoms with Crippen molar-refractivity contribution in [2.45, 2.75) is 6.92 Å². The van der Waals surface area contributed by atoms with Gasteiger partial charge in [-0.3, -0.25) is 10.0 Å². The Morgan fingerprint density at radius 3 is 2.30 bits per heavy atom. The van der Waals surface area contributed by atoms with Gasteiger partial charge in [0.05, 0.1) is 0 Å². The van der Waals surface area contributed by atoms with Crippen LogP contribution in [-0.4, -0.2) is 22.2 Å². The highest BCUT2D eigenvalue weighted by molar-refractivity contribution is 5.96. The molecular formula is C5H7NO4. The summed E-state index contributed by atoms with van der Waals surface area (Å²) in [5, 5.41) is 16.1. The maximum atomic E-state index is 10.2. The normalized spacial score (nSPS) is 10.8. The van der Waals surface area contributed by atoms with Gasteiger partial charge < -0.3 is 5.11 Å². The third-order valence-corrected chi connectivity index (χ3v) is 0.795. The number of carbonyl (C=O) groups excluding carboxylic acids is 1. The number of hydroxylamine groups is 1. The number of amides is 1. The number of hydrogen-bond donors (Lipinski definition) is 3. The summed E-state index contributed by atoms with van der Waals surface area (Å²) in [4.78, 5) is 20.2. The molecule has 0 heterocycles. The molecule has 1 amide bonds. The average molecular weight is 145 g/mol. The second-order valence-corrected chi connectivity index (χ2v) is 1.61. The summed E-state index contributed by atoms with van der Waals surface area (Å²) in [5.41, 5.74) is 1.14. The molecule has 10 heavy (non-hydrogen) atoms. The van der Waals surface area contributed by atoms with E-state index in [2.05, 4.69) is 0 Å². The molecule has 3 N–H and O–H groups in total. The Hall–Kier alpha value is -1.36. The predicted molar refractivity (Wildman–Crippen MR) is 31.3 cm³/mol. The molecule has 5 nitrogen and oxygen atoms in total. The fraction of sp³-hybridized carbons (Fsp3) is 0.200. The zero-order valence-electron chi connectivity index (χ0n) is 5.29. The van der Waals surface area contributed by atoms with Crippen LogP contribution in [-0.2, 0) is 9.59 Å². The van der Waals surface area contributed by atoms with Crippen molar-refractivity contribution < 1.29 is 19.9 Å². The van der Waals surface area contributed by atoms with Crippen molar-refractivity contribution in [1.29, 1.82) is 0 Å². The van der Waals surface area contributed by atoms with E-state index < -0.39 is 11.9 Å². The lowest BCUT2D eigenvalue weighted by molar-refractivity contribution is -0.133. The van der Waals surface area contributed by atoms with Gasteiger partial charge >= 0.3 is 5.97 Å². The van der Waals surface area contributed by atoms with E-state index in [1.54, 1.807) is 0 Å². The number of nitrogens with one attached hydrogen (secondary N) is 1. The molecule has 0 aromatic heterocycles. The minimum atomic E-state index is -1.19. The molecule has 0 aliphatic rings. The van der Waals surface area contributed by atoms with Crippen LogP contribution in [0.25, 0.3) is 0 Å². The van der Waals surface area contributed by atoms with Gasteiger partial charge in [0.25, 0.3) is 5.91 Å². The number of carbonyl (C=O) groups is 2. The largest absolute Gasteiger partial charge is 0.478 e. The molecule has 0 aromatic carbocycles. The molecule has 0 atom stereocenters. The third-order valence-electron chi connectivity index (χ3n) is 0.795. The number of carboxylic acid groups (broad SMARTS) is 1. The topological polar surface area (TPSA) is 86.6 Å². The summed E-state index contributed by atoms with van der Waals surface area (Å²) in [6, 6.07) is 0.